The van der Waals surface area contributed by atoms with Crippen molar-refractivity contribution < 1.29 is 13.2 Å². The fourth-order valence-electron chi connectivity index (χ4n) is 2.22. The van der Waals surface area contributed by atoms with Crippen molar-refractivity contribution in [1.29, 1.82) is 0 Å². The maximum absolute atomic E-state index is 12.2. The highest BCUT2D eigenvalue weighted by atomic mass is 32.2. The van der Waals surface area contributed by atoms with E-state index in [0.717, 1.165) is 6.54 Å². The van der Waals surface area contributed by atoms with Crippen molar-refractivity contribution in [2.24, 2.45) is 11.3 Å². The van der Waals surface area contributed by atoms with Gasteiger partial charge in [0, 0.05) is 6.54 Å². The van der Waals surface area contributed by atoms with Gasteiger partial charge < -0.3 is 5.32 Å². The van der Waals surface area contributed by atoms with Crippen LogP contribution in [0.25, 0.3) is 0 Å². The van der Waals surface area contributed by atoms with E-state index in [0.29, 0.717) is 19.4 Å². The van der Waals surface area contributed by atoms with Gasteiger partial charge in [-0.1, -0.05) is 20.8 Å². The summed E-state index contributed by atoms with van der Waals surface area (Å²) in [7, 11) is -3.47. The Labute approximate surface area is 103 Å². The van der Waals surface area contributed by atoms with Crippen molar-refractivity contribution >= 4 is 15.9 Å². The normalized spacial score (nSPS) is 25.2. The minimum atomic E-state index is -3.47. The Hall–Kier alpha value is -0.620. The van der Waals surface area contributed by atoms with Gasteiger partial charge in [-0.2, -0.15) is 0 Å². The van der Waals surface area contributed by atoms with Gasteiger partial charge in [-0.15, -0.1) is 0 Å². The molecule has 1 rings (SSSR count). The summed E-state index contributed by atoms with van der Waals surface area (Å²) < 4.78 is 25.4. The maximum Gasteiger partial charge on any atom is 0.241 e. The molecule has 0 aromatic heterocycles. The van der Waals surface area contributed by atoms with Gasteiger partial charge in [0.05, 0.1) is 11.2 Å². The van der Waals surface area contributed by atoms with E-state index in [1.807, 2.05) is 13.8 Å². The van der Waals surface area contributed by atoms with Crippen LogP contribution in [0.3, 0.4) is 0 Å². The predicted molar refractivity (Wildman–Crippen MR) is 67.0 cm³/mol. The van der Waals surface area contributed by atoms with Crippen molar-refractivity contribution in [3.05, 3.63) is 0 Å². The number of rotatable bonds is 5. The second-order valence-electron chi connectivity index (χ2n) is 4.99. The van der Waals surface area contributed by atoms with Gasteiger partial charge in [-0.3, -0.25) is 9.52 Å². The number of sulfonamides is 1. The fourth-order valence-corrected chi connectivity index (χ4v) is 3.35. The zero-order chi connectivity index (χ0) is 13.1. The maximum atomic E-state index is 12.2. The standard InChI is InChI=1S/C11H22N2O3S/c1-4-7-17(15,16)13-10(14)11(9(2)3)5-6-12-8-11/h9,12H,4-8H2,1-3H3,(H,13,14). The summed E-state index contributed by atoms with van der Waals surface area (Å²) in [6.07, 6.45) is 1.20. The van der Waals surface area contributed by atoms with Crippen molar-refractivity contribution in [1.82, 2.24) is 10.0 Å². The molecule has 1 saturated heterocycles. The summed E-state index contributed by atoms with van der Waals surface area (Å²) >= 11 is 0. The van der Waals surface area contributed by atoms with Crippen LogP contribution in [0, 0.1) is 11.3 Å². The van der Waals surface area contributed by atoms with Crippen LogP contribution in [-0.4, -0.2) is 33.2 Å². The molecule has 1 amide bonds. The fraction of sp³-hybridized carbons (Fsp3) is 0.909. The van der Waals surface area contributed by atoms with Crippen molar-refractivity contribution in [3.8, 4) is 0 Å². The molecule has 1 aliphatic rings. The lowest BCUT2D eigenvalue weighted by Gasteiger charge is -2.30. The molecule has 17 heavy (non-hydrogen) atoms. The number of amides is 1. The van der Waals surface area contributed by atoms with Crippen molar-refractivity contribution in [2.45, 2.75) is 33.6 Å². The van der Waals surface area contributed by atoms with Crippen LogP contribution in [0.2, 0.25) is 0 Å². The summed E-state index contributed by atoms with van der Waals surface area (Å²) in [5, 5.41) is 3.14. The first-order chi connectivity index (χ1) is 7.84. The largest absolute Gasteiger partial charge is 0.316 e. The Kier molecular flexibility index (Phi) is 4.55. The van der Waals surface area contributed by atoms with Crippen LogP contribution in [0.1, 0.15) is 33.6 Å². The van der Waals surface area contributed by atoms with E-state index >= 15 is 0 Å². The second kappa shape index (κ2) is 5.35. The molecular weight excluding hydrogens is 240 g/mol. The Bertz CT molecular complexity index is 370. The Morgan fingerprint density at radius 1 is 1.47 bits per heavy atom. The molecule has 0 aromatic rings. The molecule has 1 aliphatic heterocycles. The monoisotopic (exact) mass is 262 g/mol. The number of hydrogen-bond donors (Lipinski definition) is 2. The van der Waals surface area contributed by atoms with Gasteiger partial charge >= 0.3 is 0 Å². The molecule has 1 unspecified atom stereocenters. The Balaban J connectivity index is 2.81. The molecule has 0 aromatic carbocycles. The van der Waals surface area contributed by atoms with E-state index in [1.54, 1.807) is 6.92 Å². The first kappa shape index (κ1) is 14.4. The quantitative estimate of drug-likeness (QED) is 0.755. The summed E-state index contributed by atoms with van der Waals surface area (Å²) in [4.78, 5) is 12.2. The molecule has 1 heterocycles. The lowest BCUT2D eigenvalue weighted by Crippen LogP contribution is -2.48. The van der Waals surface area contributed by atoms with Gasteiger partial charge in [0.2, 0.25) is 15.9 Å². The zero-order valence-corrected chi connectivity index (χ0v) is 11.6. The van der Waals surface area contributed by atoms with Gasteiger partial charge in [0.1, 0.15) is 0 Å². The molecule has 0 saturated carbocycles. The molecule has 0 aliphatic carbocycles. The summed E-state index contributed by atoms with van der Waals surface area (Å²) in [5.74, 6) is -0.236. The SMILES string of the molecule is CCCS(=O)(=O)NC(=O)C1(C(C)C)CCNC1. The Morgan fingerprint density at radius 3 is 2.53 bits per heavy atom. The minimum absolute atomic E-state index is 0.000341. The van der Waals surface area contributed by atoms with Crippen LogP contribution < -0.4 is 10.0 Å². The van der Waals surface area contributed by atoms with E-state index in [9.17, 15) is 13.2 Å². The molecular formula is C11H22N2O3S. The topological polar surface area (TPSA) is 75.3 Å². The van der Waals surface area contributed by atoms with E-state index in [-0.39, 0.29) is 17.6 Å². The molecule has 0 spiro atoms. The number of carbonyl (C=O) groups is 1. The first-order valence-corrected chi connectivity index (χ1v) is 7.75. The zero-order valence-electron chi connectivity index (χ0n) is 10.7. The predicted octanol–water partition coefficient (Wildman–Crippen LogP) is 0.478. The van der Waals surface area contributed by atoms with E-state index in [4.69, 9.17) is 0 Å². The lowest BCUT2D eigenvalue weighted by molar-refractivity contribution is -0.130. The first-order valence-electron chi connectivity index (χ1n) is 6.09. The highest BCUT2D eigenvalue weighted by Crippen LogP contribution is 2.34. The van der Waals surface area contributed by atoms with Crippen LogP contribution in [0.5, 0.6) is 0 Å². The molecule has 6 heteroatoms. The highest BCUT2D eigenvalue weighted by Gasteiger charge is 2.44. The third-order valence-electron chi connectivity index (χ3n) is 3.47. The van der Waals surface area contributed by atoms with Crippen molar-refractivity contribution in [3.63, 3.8) is 0 Å². The summed E-state index contributed by atoms with van der Waals surface area (Å²) in [5.41, 5.74) is -0.583. The molecule has 1 fully saturated rings. The smallest absolute Gasteiger partial charge is 0.241 e. The van der Waals surface area contributed by atoms with Crippen molar-refractivity contribution in [2.75, 3.05) is 18.8 Å². The van der Waals surface area contributed by atoms with Crippen LogP contribution in [-0.2, 0) is 14.8 Å². The lowest BCUT2D eigenvalue weighted by atomic mass is 9.76. The van der Waals surface area contributed by atoms with Gasteiger partial charge in [-0.05, 0) is 25.3 Å². The average Bonchev–Trinajstić information content (AvgIpc) is 2.65. The number of hydrogen-bond acceptors (Lipinski definition) is 4. The van der Waals surface area contributed by atoms with Crippen LogP contribution >= 0.6 is 0 Å². The summed E-state index contributed by atoms with van der Waals surface area (Å²) in [6.45, 7) is 7.01. The van der Waals surface area contributed by atoms with Crippen LogP contribution in [0.15, 0.2) is 0 Å². The molecule has 1 atom stereocenters. The Morgan fingerprint density at radius 2 is 2.12 bits per heavy atom. The van der Waals surface area contributed by atoms with Gasteiger partial charge in [0.15, 0.2) is 0 Å². The number of carbonyl (C=O) groups excluding carboxylic acids is 1. The van der Waals surface area contributed by atoms with E-state index in [1.165, 1.54) is 0 Å². The second-order valence-corrected chi connectivity index (χ2v) is 6.83. The van der Waals surface area contributed by atoms with E-state index < -0.39 is 15.4 Å². The average molecular weight is 262 g/mol. The van der Waals surface area contributed by atoms with Crippen LogP contribution in [0.4, 0.5) is 0 Å². The highest BCUT2D eigenvalue weighted by molar-refractivity contribution is 7.90. The molecule has 0 bridgehead atoms. The summed E-state index contributed by atoms with van der Waals surface area (Å²) in [6, 6.07) is 0. The molecule has 100 valence electrons. The van der Waals surface area contributed by atoms with E-state index in [2.05, 4.69) is 10.0 Å². The third-order valence-corrected chi connectivity index (χ3v) is 4.91. The number of nitrogens with one attached hydrogen (secondary N) is 2. The molecule has 5 nitrogen and oxygen atoms in total. The minimum Gasteiger partial charge on any atom is -0.316 e. The van der Waals surface area contributed by atoms with Gasteiger partial charge in [0.25, 0.3) is 0 Å². The third kappa shape index (κ3) is 3.19. The molecule has 2 N–H and O–H groups in total. The van der Waals surface area contributed by atoms with Gasteiger partial charge in [-0.25, -0.2) is 8.42 Å². The molecule has 0 radical (unpaired) electrons.